The maximum Gasteiger partial charge on any atom is 0.382 e. The lowest BCUT2D eigenvalue weighted by molar-refractivity contribution is -0.389. The molecular weight excluding hydrogens is 306 g/mol. The van der Waals surface area contributed by atoms with Crippen molar-refractivity contribution < 1.29 is 9.34 Å². The van der Waals surface area contributed by atoms with Gasteiger partial charge in [-0.15, -0.1) is 0 Å². The summed E-state index contributed by atoms with van der Waals surface area (Å²) in [5.74, 6) is 0.819. The standard InChI is InChI=1S/C10H6O.C8H5N3O2/c1-2-4-8-7(3-1)9-5-6-11-10(8)9;12-11(13)8-5-9-6-3-1-2-4-7(6)10-8/h1-6H;1-5H. The quantitative estimate of drug-likeness (QED) is 0.336. The Morgan fingerprint density at radius 3 is 2.38 bits per heavy atom. The summed E-state index contributed by atoms with van der Waals surface area (Å²) in [5.41, 5.74) is 5.01. The van der Waals surface area contributed by atoms with Crippen molar-refractivity contribution in [3.05, 3.63) is 77.2 Å². The molecule has 0 spiro atoms. The van der Waals surface area contributed by atoms with Crippen LogP contribution in [0, 0.1) is 10.1 Å². The molecule has 2 aromatic carbocycles. The lowest BCUT2D eigenvalue weighted by Gasteiger charge is -2.16. The molecule has 0 bridgehead atoms. The number of hydrogen-bond donors (Lipinski definition) is 0. The van der Waals surface area contributed by atoms with Gasteiger partial charge in [-0.3, -0.25) is 0 Å². The minimum absolute atomic E-state index is 0.223. The van der Waals surface area contributed by atoms with E-state index in [0.717, 1.165) is 12.0 Å². The van der Waals surface area contributed by atoms with Crippen molar-refractivity contribution in [2.75, 3.05) is 0 Å². The summed E-state index contributed by atoms with van der Waals surface area (Å²) in [5, 5.41) is 10.3. The lowest BCUT2D eigenvalue weighted by atomic mass is 9.87. The number of benzene rings is 2. The molecular formula is C18H11N3O3. The van der Waals surface area contributed by atoms with Crippen LogP contribution in [0.1, 0.15) is 0 Å². The van der Waals surface area contributed by atoms with Crippen molar-refractivity contribution in [1.82, 2.24) is 9.97 Å². The number of rotatable bonds is 1. The molecule has 1 aliphatic rings. The normalized spacial score (nSPS) is 10.8. The Morgan fingerprint density at radius 2 is 1.58 bits per heavy atom. The molecule has 1 aliphatic carbocycles. The van der Waals surface area contributed by atoms with Crippen LogP contribution in [0.2, 0.25) is 0 Å². The average Bonchev–Trinajstić information content (AvgIpc) is 3.04. The summed E-state index contributed by atoms with van der Waals surface area (Å²) < 4.78 is 5.28. The highest BCUT2D eigenvalue weighted by molar-refractivity contribution is 5.99. The van der Waals surface area contributed by atoms with Crippen LogP contribution in [0.4, 0.5) is 5.82 Å². The number of furan rings is 1. The van der Waals surface area contributed by atoms with Crippen molar-refractivity contribution in [2.45, 2.75) is 0 Å². The van der Waals surface area contributed by atoms with Crippen LogP contribution in [0.25, 0.3) is 33.5 Å². The maximum absolute atomic E-state index is 10.3. The van der Waals surface area contributed by atoms with Crippen LogP contribution in [0.5, 0.6) is 0 Å². The minimum Gasteiger partial charge on any atom is -0.464 e. The second kappa shape index (κ2) is 5.58. The predicted molar refractivity (Wildman–Crippen MR) is 89.3 cm³/mol. The van der Waals surface area contributed by atoms with Gasteiger partial charge in [0, 0.05) is 11.1 Å². The third-order valence-corrected chi connectivity index (χ3v) is 3.75. The molecule has 0 fully saturated rings. The van der Waals surface area contributed by atoms with Gasteiger partial charge in [0.25, 0.3) is 0 Å². The van der Waals surface area contributed by atoms with Crippen molar-refractivity contribution in [1.29, 1.82) is 0 Å². The molecule has 5 rings (SSSR count). The zero-order valence-corrected chi connectivity index (χ0v) is 12.4. The average molecular weight is 317 g/mol. The Morgan fingerprint density at radius 1 is 0.875 bits per heavy atom. The Hall–Kier alpha value is -3.54. The van der Waals surface area contributed by atoms with Gasteiger partial charge >= 0.3 is 5.82 Å². The van der Waals surface area contributed by atoms with Crippen molar-refractivity contribution in [2.24, 2.45) is 0 Å². The number of aromatic nitrogens is 2. The molecule has 0 aliphatic heterocycles. The topological polar surface area (TPSA) is 82.1 Å². The Kier molecular flexibility index (Phi) is 3.28. The van der Waals surface area contributed by atoms with E-state index in [1.54, 1.807) is 24.5 Å². The van der Waals surface area contributed by atoms with E-state index >= 15 is 0 Å². The molecule has 0 N–H and O–H groups in total. The van der Waals surface area contributed by atoms with Gasteiger partial charge in [-0.25, -0.2) is 4.98 Å². The lowest BCUT2D eigenvalue weighted by Crippen LogP contribution is -1.93. The summed E-state index contributed by atoms with van der Waals surface area (Å²) in [6, 6.07) is 17.3. The Bertz CT molecular complexity index is 1020. The van der Waals surface area contributed by atoms with E-state index < -0.39 is 4.92 Å². The second-order valence-corrected chi connectivity index (χ2v) is 5.18. The Balaban J connectivity index is 0.000000123. The van der Waals surface area contributed by atoms with Crippen molar-refractivity contribution in [3.63, 3.8) is 0 Å². The highest BCUT2D eigenvalue weighted by atomic mass is 16.6. The first-order chi connectivity index (χ1) is 11.7. The highest BCUT2D eigenvalue weighted by Crippen LogP contribution is 2.47. The molecule has 0 atom stereocenters. The summed E-state index contributed by atoms with van der Waals surface area (Å²) in [4.78, 5) is 17.5. The fraction of sp³-hybridized carbons (Fsp3) is 0. The van der Waals surface area contributed by atoms with Crippen molar-refractivity contribution >= 4 is 16.9 Å². The molecule has 4 aromatic rings. The van der Waals surface area contributed by atoms with Gasteiger partial charge in [-0.05, 0) is 33.7 Å². The van der Waals surface area contributed by atoms with Crippen LogP contribution >= 0.6 is 0 Å². The van der Waals surface area contributed by atoms with Crippen LogP contribution in [0.3, 0.4) is 0 Å². The molecule has 2 aromatic heterocycles. The summed E-state index contributed by atoms with van der Waals surface area (Å²) in [6.45, 7) is 0. The number of nitrogens with zero attached hydrogens (tertiary/aromatic N) is 3. The molecule has 2 heterocycles. The van der Waals surface area contributed by atoms with Crippen LogP contribution < -0.4 is 0 Å². The number of nitro groups is 1. The van der Waals surface area contributed by atoms with Gasteiger partial charge < -0.3 is 14.5 Å². The first kappa shape index (κ1) is 14.1. The van der Waals surface area contributed by atoms with Gasteiger partial charge in [0.2, 0.25) is 5.52 Å². The Labute approximate surface area is 136 Å². The van der Waals surface area contributed by atoms with Gasteiger partial charge in [-0.1, -0.05) is 36.4 Å². The highest BCUT2D eigenvalue weighted by Gasteiger charge is 2.24. The van der Waals surface area contributed by atoms with E-state index in [1.807, 2.05) is 18.2 Å². The van der Waals surface area contributed by atoms with Crippen molar-refractivity contribution in [3.8, 4) is 22.5 Å². The zero-order chi connectivity index (χ0) is 16.5. The monoisotopic (exact) mass is 317 g/mol. The smallest absolute Gasteiger partial charge is 0.382 e. The molecule has 0 saturated carbocycles. The molecule has 0 unspecified atom stereocenters. The van der Waals surface area contributed by atoms with Gasteiger partial charge in [-0.2, -0.15) is 0 Å². The fourth-order valence-electron chi connectivity index (χ4n) is 2.62. The van der Waals surface area contributed by atoms with E-state index in [9.17, 15) is 10.1 Å². The number of fused-ring (bicyclic) bond motifs is 5. The fourth-order valence-corrected chi connectivity index (χ4v) is 2.62. The molecule has 6 heteroatoms. The minimum atomic E-state index is -0.556. The van der Waals surface area contributed by atoms with E-state index in [0.29, 0.717) is 11.0 Å². The molecule has 24 heavy (non-hydrogen) atoms. The van der Waals surface area contributed by atoms with E-state index in [-0.39, 0.29) is 5.82 Å². The number of hydrogen-bond acceptors (Lipinski definition) is 5. The first-order valence-electron chi connectivity index (χ1n) is 7.27. The molecule has 0 radical (unpaired) electrons. The molecule has 0 amide bonds. The first-order valence-corrected chi connectivity index (χ1v) is 7.27. The SMILES string of the molecule is O=[N+]([O-])c1cnc2ccccc2n1.c1ccc2c(c1)-c1ccoc1-2. The second-order valence-electron chi connectivity index (χ2n) is 5.18. The van der Waals surface area contributed by atoms with E-state index in [4.69, 9.17) is 4.42 Å². The number of para-hydroxylation sites is 2. The molecule has 116 valence electrons. The largest absolute Gasteiger partial charge is 0.464 e. The third kappa shape index (κ3) is 2.30. The molecule has 6 nitrogen and oxygen atoms in total. The molecule has 0 saturated heterocycles. The van der Waals surface area contributed by atoms with Crippen LogP contribution in [0.15, 0.2) is 71.5 Å². The zero-order valence-electron chi connectivity index (χ0n) is 12.4. The van der Waals surface area contributed by atoms with E-state index in [2.05, 4.69) is 28.2 Å². The van der Waals surface area contributed by atoms with Crippen LogP contribution in [-0.4, -0.2) is 14.9 Å². The van der Waals surface area contributed by atoms with Gasteiger partial charge in [0.15, 0.2) is 0 Å². The summed E-state index contributed by atoms with van der Waals surface area (Å²) >= 11 is 0. The predicted octanol–water partition coefficient (Wildman–Crippen LogP) is 4.47. The maximum atomic E-state index is 10.3. The van der Waals surface area contributed by atoms with E-state index in [1.165, 1.54) is 16.7 Å². The summed E-state index contributed by atoms with van der Waals surface area (Å²) in [6.07, 6.45) is 2.90. The van der Waals surface area contributed by atoms with Crippen LogP contribution in [-0.2, 0) is 0 Å². The van der Waals surface area contributed by atoms with Gasteiger partial charge in [0.05, 0.1) is 6.26 Å². The third-order valence-electron chi connectivity index (χ3n) is 3.75. The van der Waals surface area contributed by atoms with Gasteiger partial charge in [0.1, 0.15) is 17.5 Å². The summed E-state index contributed by atoms with van der Waals surface area (Å²) in [7, 11) is 0.